The zero-order valence-corrected chi connectivity index (χ0v) is 16.6. The van der Waals surface area contributed by atoms with Gasteiger partial charge in [-0.05, 0) is 54.4 Å². The largest absolute Gasteiger partial charge is 0.497 e. The Balaban J connectivity index is 1.81. The van der Waals surface area contributed by atoms with Crippen molar-refractivity contribution >= 4 is 23.2 Å². The number of anilines is 1. The van der Waals surface area contributed by atoms with Gasteiger partial charge in [0.15, 0.2) is 0 Å². The van der Waals surface area contributed by atoms with Crippen LogP contribution in [0.25, 0.3) is 0 Å². The fraction of sp³-hybridized carbons (Fsp3) is 0.174. The van der Waals surface area contributed by atoms with Crippen LogP contribution in [0.5, 0.6) is 5.75 Å². The lowest BCUT2D eigenvalue weighted by molar-refractivity contribution is -0.118. The summed E-state index contributed by atoms with van der Waals surface area (Å²) in [6.07, 6.45) is 0. The van der Waals surface area contributed by atoms with Crippen molar-refractivity contribution < 1.29 is 9.53 Å². The Kier molecular flexibility index (Phi) is 6.69. The molecule has 0 radical (unpaired) electrons. The number of hydrogen-bond donors (Lipinski definition) is 2. The van der Waals surface area contributed by atoms with Crippen molar-refractivity contribution in [3.63, 3.8) is 0 Å². The van der Waals surface area contributed by atoms with E-state index in [0.29, 0.717) is 10.7 Å². The van der Waals surface area contributed by atoms with Crippen LogP contribution < -0.4 is 15.4 Å². The second-order valence-electron chi connectivity index (χ2n) is 6.50. The SMILES string of the molecule is COc1ccc(NC(=O)C(NC(C)c2cccc(Cl)c2)c2ccccc2)cc1. The van der Waals surface area contributed by atoms with E-state index >= 15 is 0 Å². The third-order valence-corrected chi connectivity index (χ3v) is 4.75. The molecule has 28 heavy (non-hydrogen) atoms. The molecule has 2 unspecified atom stereocenters. The molecule has 0 aliphatic heterocycles. The third-order valence-electron chi connectivity index (χ3n) is 4.52. The molecule has 0 saturated heterocycles. The second-order valence-corrected chi connectivity index (χ2v) is 6.94. The number of methoxy groups -OCH3 is 1. The van der Waals surface area contributed by atoms with Crippen molar-refractivity contribution in [1.82, 2.24) is 5.32 Å². The van der Waals surface area contributed by atoms with Gasteiger partial charge in [0.2, 0.25) is 5.91 Å². The summed E-state index contributed by atoms with van der Waals surface area (Å²) in [5, 5.41) is 7.07. The van der Waals surface area contributed by atoms with E-state index in [1.54, 1.807) is 7.11 Å². The lowest BCUT2D eigenvalue weighted by atomic mass is 10.0. The van der Waals surface area contributed by atoms with Gasteiger partial charge in [-0.2, -0.15) is 0 Å². The van der Waals surface area contributed by atoms with Gasteiger partial charge in [-0.25, -0.2) is 0 Å². The molecule has 3 rings (SSSR count). The Bertz CT molecular complexity index is 913. The number of amides is 1. The predicted octanol–water partition coefficient (Wildman–Crippen LogP) is 5.38. The summed E-state index contributed by atoms with van der Waals surface area (Å²) in [5.74, 6) is 0.607. The van der Waals surface area contributed by atoms with E-state index < -0.39 is 6.04 Å². The molecular weight excluding hydrogens is 372 g/mol. The molecule has 2 atom stereocenters. The van der Waals surface area contributed by atoms with Gasteiger partial charge in [-0.15, -0.1) is 0 Å². The van der Waals surface area contributed by atoms with E-state index in [1.807, 2.05) is 85.8 Å². The smallest absolute Gasteiger partial charge is 0.246 e. The Morgan fingerprint density at radius 3 is 2.25 bits per heavy atom. The normalized spacial score (nSPS) is 12.8. The van der Waals surface area contributed by atoms with Crippen molar-refractivity contribution in [2.24, 2.45) is 0 Å². The maximum Gasteiger partial charge on any atom is 0.246 e. The standard InChI is InChI=1S/C23H23ClN2O2/c1-16(18-9-6-10-19(24)15-18)25-22(17-7-4-3-5-8-17)23(27)26-20-11-13-21(28-2)14-12-20/h3-16,22,25H,1-2H3,(H,26,27). The first-order valence-electron chi connectivity index (χ1n) is 9.08. The number of carbonyl (C=O) groups excluding carboxylic acids is 1. The number of hydrogen-bond acceptors (Lipinski definition) is 3. The molecule has 0 aliphatic carbocycles. The molecule has 0 saturated carbocycles. The first kappa shape index (κ1) is 19.9. The van der Waals surface area contributed by atoms with Crippen LogP contribution in [0, 0.1) is 0 Å². The van der Waals surface area contributed by atoms with Crippen molar-refractivity contribution in [1.29, 1.82) is 0 Å². The van der Waals surface area contributed by atoms with Gasteiger partial charge in [0, 0.05) is 16.8 Å². The predicted molar refractivity (Wildman–Crippen MR) is 114 cm³/mol. The van der Waals surface area contributed by atoms with Crippen molar-refractivity contribution in [3.05, 3.63) is 95.0 Å². The van der Waals surface area contributed by atoms with Crippen LogP contribution in [0.1, 0.15) is 30.1 Å². The lowest BCUT2D eigenvalue weighted by Crippen LogP contribution is -2.34. The molecule has 5 heteroatoms. The monoisotopic (exact) mass is 394 g/mol. The van der Waals surface area contributed by atoms with E-state index in [0.717, 1.165) is 16.9 Å². The molecule has 2 N–H and O–H groups in total. The number of carbonyl (C=O) groups is 1. The van der Waals surface area contributed by atoms with E-state index in [2.05, 4.69) is 10.6 Å². The van der Waals surface area contributed by atoms with Gasteiger partial charge in [0.1, 0.15) is 11.8 Å². The summed E-state index contributed by atoms with van der Waals surface area (Å²) in [4.78, 5) is 13.1. The second kappa shape index (κ2) is 9.40. The fourth-order valence-corrected chi connectivity index (χ4v) is 3.18. The van der Waals surface area contributed by atoms with E-state index in [9.17, 15) is 4.79 Å². The lowest BCUT2D eigenvalue weighted by Gasteiger charge is -2.24. The quantitative estimate of drug-likeness (QED) is 0.565. The average molecular weight is 395 g/mol. The first-order valence-corrected chi connectivity index (χ1v) is 9.46. The van der Waals surface area contributed by atoms with Crippen LogP contribution in [0.4, 0.5) is 5.69 Å². The number of rotatable bonds is 7. The summed E-state index contributed by atoms with van der Waals surface area (Å²) in [6, 6.07) is 24.0. The summed E-state index contributed by atoms with van der Waals surface area (Å²) in [7, 11) is 1.61. The molecule has 3 aromatic rings. The minimum absolute atomic E-state index is 0.0643. The van der Waals surface area contributed by atoms with Crippen molar-refractivity contribution in [2.75, 3.05) is 12.4 Å². The number of nitrogens with one attached hydrogen (secondary N) is 2. The highest BCUT2D eigenvalue weighted by Gasteiger charge is 2.23. The Hall–Kier alpha value is -2.82. The third kappa shape index (κ3) is 5.12. The summed E-state index contributed by atoms with van der Waals surface area (Å²) in [5.41, 5.74) is 2.62. The summed E-state index contributed by atoms with van der Waals surface area (Å²) >= 11 is 6.12. The van der Waals surface area contributed by atoms with Crippen LogP contribution >= 0.6 is 11.6 Å². The molecule has 0 aliphatic rings. The molecule has 0 aromatic heterocycles. The summed E-state index contributed by atoms with van der Waals surface area (Å²) < 4.78 is 5.17. The minimum Gasteiger partial charge on any atom is -0.497 e. The van der Waals surface area contributed by atoms with E-state index in [-0.39, 0.29) is 11.9 Å². The molecule has 3 aromatic carbocycles. The number of ether oxygens (including phenoxy) is 1. The van der Waals surface area contributed by atoms with Crippen LogP contribution in [-0.2, 0) is 4.79 Å². The highest BCUT2D eigenvalue weighted by atomic mass is 35.5. The van der Waals surface area contributed by atoms with Crippen molar-refractivity contribution in [2.45, 2.75) is 19.0 Å². The van der Waals surface area contributed by atoms with Crippen molar-refractivity contribution in [3.8, 4) is 5.75 Å². The van der Waals surface area contributed by atoms with E-state index in [1.165, 1.54) is 0 Å². The molecule has 0 heterocycles. The van der Waals surface area contributed by atoms with Gasteiger partial charge in [0.25, 0.3) is 0 Å². The maximum atomic E-state index is 13.1. The number of benzene rings is 3. The molecular formula is C23H23ClN2O2. The van der Waals surface area contributed by atoms with Gasteiger partial charge < -0.3 is 10.1 Å². The number of halogens is 1. The fourth-order valence-electron chi connectivity index (χ4n) is 2.98. The maximum absolute atomic E-state index is 13.1. The van der Waals surface area contributed by atoms with Gasteiger partial charge in [0.05, 0.1) is 7.11 Å². The molecule has 4 nitrogen and oxygen atoms in total. The van der Waals surface area contributed by atoms with Crippen LogP contribution in [0.3, 0.4) is 0 Å². The first-order chi connectivity index (χ1) is 13.6. The topological polar surface area (TPSA) is 50.4 Å². The average Bonchev–Trinajstić information content (AvgIpc) is 2.73. The van der Waals surface area contributed by atoms with Crippen LogP contribution in [-0.4, -0.2) is 13.0 Å². The molecule has 0 spiro atoms. The van der Waals surface area contributed by atoms with Gasteiger partial charge >= 0.3 is 0 Å². The van der Waals surface area contributed by atoms with Crippen LogP contribution in [0.15, 0.2) is 78.9 Å². The van der Waals surface area contributed by atoms with Gasteiger partial charge in [-0.1, -0.05) is 54.1 Å². The molecule has 0 bridgehead atoms. The molecule has 0 fully saturated rings. The Morgan fingerprint density at radius 1 is 0.929 bits per heavy atom. The van der Waals surface area contributed by atoms with E-state index in [4.69, 9.17) is 16.3 Å². The zero-order chi connectivity index (χ0) is 19.9. The zero-order valence-electron chi connectivity index (χ0n) is 15.9. The Morgan fingerprint density at radius 2 is 1.61 bits per heavy atom. The summed E-state index contributed by atoms with van der Waals surface area (Å²) in [6.45, 7) is 2.02. The highest BCUT2D eigenvalue weighted by Crippen LogP contribution is 2.24. The van der Waals surface area contributed by atoms with Crippen LogP contribution in [0.2, 0.25) is 5.02 Å². The highest BCUT2D eigenvalue weighted by molar-refractivity contribution is 6.30. The molecule has 1 amide bonds. The van der Waals surface area contributed by atoms with Gasteiger partial charge in [-0.3, -0.25) is 10.1 Å². The Labute approximate surface area is 170 Å². The minimum atomic E-state index is -0.516. The molecule has 144 valence electrons.